The van der Waals surface area contributed by atoms with Gasteiger partial charge in [0.1, 0.15) is 5.41 Å². The highest BCUT2D eigenvalue weighted by Crippen LogP contribution is 2.38. The van der Waals surface area contributed by atoms with Crippen LogP contribution < -0.4 is 5.32 Å². The average Bonchev–Trinajstić information content (AvgIpc) is 2.71. The fourth-order valence-electron chi connectivity index (χ4n) is 2.63. The number of aliphatic carboxylic acids is 1. The second-order valence-electron chi connectivity index (χ2n) is 5.08. The maximum absolute atomic E-state index is 12.0. The van der Waals surface area contributed by atoms with Crippen LogP contribution in [0.4, 0.5) is 0 Å². The van der Waals surface area contributed by atoms with Gasteiger partial charge in [-0.25, -0.2) is 0 Å². The summed E-state index contributed by atoms with van der Waals surface area (Å²) in [5, 5.41) is 20.7. The Morgan fingerprint density at radius 1 is 1.29 bits per heavy atom. The van der Waals surface area contributed by atoms with Crippen LogP contribution in [0.3, 0.4) is 0 Å². The molecule has 0 aromatic rings. The van der Waals surface area contributed by atoms with E-state index in [0.29, 0.717) is 25.7 Å². The highest BCUT2D eigenvalue weighted by molar-refractivity contribution is 5.86. The minimum absolute atomic E-state index is 0.0607. The molecule has 2 rings (SSSR count). The first-order valence-electron chi connectivity index (χ1n) is 6.02. The SMILES string of the molecule is N#CC1(C(=O)NC2CC(C(=O)O)C2)CCCC1. The molecule has 5 heteroatoms. The minimum Gasteiger partial charge on any atom is -0.481 e. The maximum atomic E-state index is 12.0. The van der Waals surface area contributed by atoms with Gasteiger partial charge in [0, 0.05) is 6.04 Å². The molecule has 17 heavy (non-hydrogen) atoms. The van der Waals surface area contributed by atoms with Crippen LogP contribution in [0.15, 0.2) is 0 Å². The van der Waals surface area contributed by atoms with Gasteiger partial charge >= 0.3 is 5.97 Å². The number of carbonyl (C=O) groups excluding carboxylic acids is 1. The van der Waals surface area contributed by atoms with Crippen LogP contribution >= 0.6 is 0 Å². The topological polar surface area (TPSA) is 90.2 Å². The Morgan fingerprint density at radius 3 is 2.35 bits per heavy atom. The fraction of sp³-hybridized carbons (Fsp3) is 0.750. The predicted molar refractivity (Wildman–Crippen MR) is 58.8 cm³/mol. The number of nitrogens with one attached hydrogen (secondary N) is 1. The second kappa shape index (κ2) is 4.36. The number of carboxylic acid groups (broad SMARTS) is 1. The van der Waals surface area contributed by atoms with E-state index in [1.54, 1.807) is 0 Å². The molecule has 92 valence electrons. The Labute approximate surface area is 99.8 Å². The molecule has 2 saturated carbocycles. The van der Waals surface area contributed by atoms with Gasteiger partial charge in [-0.1, -0.05) is 12.8 Å². The van der Waals surface area contributed by atoms with Gasteiger partial charge in [0.25, 0.3) is 0 Å². The number of nitrogens with zero attached hydrogens (tertiary/aromatic N) is 1. The normalized spacial score (nSPS) is 30.1. The van der Waals surface area contributed by atoms with Gasteiger partial charge in [0.2, 0.25) is 5.91 Å². The summed E-state index contributed by atoms with van der Waals surface area (Å²) in [6.45, 7) is 0. The van der Waals surface area contributed by atoms with E-state index in [1.165, 1.54) is 0 Å². The summed E-state index contributed by atoms with van der Waals surface area (Å²) in [5.74, 6) is -1.33. The van der Waals surface area contributed by atoms with Gasteiger partial charge < -0.3 is 10.4 Å². The summed E-state index contributed by atoms with van der Waals surface area (Å²) in [4.78, 5) is 22.6. The van der Waals surface area contributed by atoms with Crippen LogP contribution in [0.2, 0.25) is 0 Å². The van der Waals surface area contributed by atoms with Crippen molar-refractivity contribution < 1.29 is 14.7 Å². The molecular weight excluding hydrogens is 220 g/mol. The molecule has 0 aromatic heterocycles. The molecule has 1 amide bonds. The summed E-state index contributed by atoms with van der Waals surface area (Å²) in [7, 11) is 0. The van der Waals surface area contributed by atoms with Gasteiger partial charge in [-0.2, -0.15) is 5.26 Å². The Kier molecular flexibility index (Phi) is 3.05. The Bertz CT molecular complexity index is 374. The molecule has 2 aliphatic carbocycles. The molecule has 0 bridgehead atoms. The smallest absolute Gasteiger partial charge is 0.306 e. The molecule has 0 aliphatic heterocycles. The quantitative estimate of drug-likeness (QED) is 0.766. The molecular formula is C12H16N2O3. The van der Waals surface area contributed by atoms with Crippen molar-refractivity contribution in [3.8, 4) is 6.07 Å². The Hall–Kier alpha value is -1.57. The van der Waals surface area contributed by atoms with E-state index in [2.05, 4.69) is 11.4 Å². The van der Waals surface area contributed by atoms with E-state index in [9.17, 15) is 9.59 Å². The maximum Gasteiger partial charge on any atom is 0.306 e. The third-order valence-corrected chi connectivity index (χ3v) is 3.93. The second-order valence-corrected chi connectivity index (χ2v) is 5.08. The number of rotatable bonds is 3. The minimum atomic E-state index is -0.853. The zero-order chi connectivity index (χ0) is 12.5. The lowest BCUT2D eigenvalue weighted by Gasteiger charge is -2.34. The van der Waals surface area contributed by atoms with Crippen molar-refractivity contribution in [2.24, 2.45) is 11.3 Å². The lowest BCUT2D eigenvalue weighted by atomic mass is 9.79. The van der Waals surface area contributed by atoms with Gasteiger partial charge in [0.05, 0.1) is 12.0 Å². The van der Waals surface area contributed by atoms with Gasteiger partial charge in [-0.15, -0.1) is 0 Å². The van der Waals surface area contributed by atoms with E-state index in [0.717, 1.165) is 12.8 Å². The van der Waals surface area contributed by atoms with Crippen LogP contribution in [0.1, 0.15) is 38.5 Å². The molecule has 0 radical (unpaired) electrons. The summed E-state index contributed by atoms with van der Waals surface area (Å²) in [5.41, 5.74) is -0.853. The lowest BCUT2D eigenvalue weighted by molar-refractivity contribution is -0.146. The largest absolute Gasteiger partial charge is 0.481 e. The molecule has 0 unspecified atom stereocenters. The van der Waals surface area contributed by atoms with E-state index in [1.807, 2.05) is 0 Å². The van der Waals surface area contributed by atoms with Crippen molar-refractivity contribution in [2.45, 2.75) is 44.6 Å². The fourth-order valence-corrected chi connectivity index (χ4v) is 2.63. The van der Waals surface area contributed by atoms with Crippen molar-refractivity contribution in [2.75, 3.05) is 0 Å². The van der Waals surface area contributed by atoms with Crippen LogP contribution in [0.25, 0.3) is 0 Å². The third-order valence-electron chi connectivity index (χ3n) is 3.93. The van der Waals surface area contributed by atoms with Crippen molar-refractivity contribution in [3.63, 3.8) is 0 Å². The number of nitriles is 1. The van der Waals surface area contributed by atoms with E-state index in [4.69, 9.17) is 10.4 Å². The van der Waals surface area contributed by atoms with Crippen LogP contribution in [0.5, 0.6) is 0 Å². The third kappa shape index (κ3) is 2.12. The summed E-state index contributed by atoms with van der Waals surface area (Å²) in [6, 6.07) is 2.08. The van der Waals surface area contributed by atoms with E-state index >= 15 is 0 Å². The van der Waals surface area contributed by atoms with Crippen molar-refractivity contribution in [3.05, 3.63) is 0 Å². The number of hydrogen-bond acceptors (Lipinski definition) is 3. The van der Waals surface area contributed by atoms with Crippen LogP contribution in [0, 0.1) is 22.7 Å². The van der Waals surface area contributed by atoms with Gasteiger partial charge in [-0.05, 0) is 25.7 Å². The first kappa shape index (κ1) is 11.9. The lowest BCUT2D eigenvalue weighted by Crippen LogP contribution is -2.50. The number of amides is 1. The number of carboxylic acids is 1. The zero-order valence-electron chi connectivity index (χ0n) is 9.61. The van der Waals surface area contributed by atoms with Crippen molar-refractivity contribution in [1.82, 2.24) is 5.32 Å². The summed E-state index contributed by atoms with van der Waals surface area (Å²) in [6.07, 6.45) is 4.08. The molecule has 2 aliphatic rings. The molecule has 2 N–H and O–H groups in total. The van der Waals surface area contributed by atoms with E-state index in [-0.39, 0.29) is 17.9 Å². The van der Waals surface area contributed by atoms with Crippen molar-refractivity contribution in [1.29, 1.82) is 5.26 Å². The summed E-state index contributed by atoms with van der Waals surface area (Å²) >= 11 is 0. The molecule has 0 aromatic carbocycles. The van der Waals surface area contributed by atoms with Gasteiger partial charge in [-0.3, -0.25) is 9.59 Å². The molecule has 0 saturated heterocycles. The molecule has 0 spiro atoms. The first-order chi connectivity index (χ1) is 8.07. The summed E-state index contributed by atoms with van der Waals surface area (Å²) < 4.78 is 0. The standard InChI is InChI=1S/C12H16N2O3/c13-7-12(3-1-2-4-12)11(17)14-9-5-8(6-9)10(15)16/h8-9H,1-6H2,(H,14,17)(H,15,16). The van der Waals surface area contributed by atoms with E-state index < -0.39 is 11.4 Å². The highest BCUT2D eigenvalue weighted by Gasteiger charge is 2.44. The predicted octanol–water partition coefficient (Wildman–Crippen LogP) is 1.05. The Balaban J connectivity index is 1.86. The number of carbonyl (C=O) groups is 2. The molecule has 5 nitrogen and oxygen atoms in total. The number of hydrogen-bond donors (Lipinski definition) is 2. The Morgan fingerprint density at radius 2 is 1.88 bits per heavy atom. The monoisotopic (exact) mass is 236 g/mol. The zero-order valence-corrected chi connectivity index (χ0v) is 9.61. The van der Waals surface area contributed by atoms with Crippen LogP contribution in [-0.4, -0.2) is 23.0 Å². The highest BCUT2D eigenvalue weighted by atomic mass is 16.4. The molecule has 0 heterocycles. The molecule has 2 fully saturated rings. The van der Waals surface area contributed by atoms with Gasteiger partial charge in [0.15, 0.2) is 0 Å². The van der Waals surface area contributed by atoms with Crippen LogP contribution in [-0.2, 0) is 9.59 Å². The van der Waals surface area contributed by atoms with Crippen molar-refractivity contribution >= 4 is 11.9 Å². The average molecular weight is 236 g/mol. The molecule has 0 atom stereocenters. The first-order valence-corrected chi connectivity index (χ1v) is 6.02.